The minimum atomic E-state index is -0.143. The fraction of sp³-hybridized carbons (Fsp3) is 0.400. The van der Waals surface area contributed by atoms with E-state index in [1.807, 2.05) is 36.5 Å². The van der Waals surface area contributed by atoms with Crippen LogP contribution in [0.5, 0.6) is 11.5 Å². The Balaban J connectivity index is 1.39. The average molecular weight is 469 g/mol. The predicted octanol–water partition coefficient (Wildman–Crippen LogP) is 5.59. The first-order valence-electron chi connectivity index (χ1n) is 12.6. The van der Waals surface area contributed by atoms with Gasteiger partial charge in [0.15, 0.2) is 0 Å². The maximum atomic E-state index is 13.9. The number of carbonyl (C=O) groups excluding carboxylic acids is 1. The zero-order chi connectivity index (χ0) is 24.0. The number of rotatable bonds is 7. The fourth-order valence-corrected chi connectivity index (χ4v) is 7.28. The third-order valence-electron chi connectivity index (χ3n) is 8.66. The van der Waals surface area contributed by atoms with Crippen molar-refractivity contribution in [3.05, 3.63) is 89.2 Å². The van der Waals surface area contributed by atoms with Crippen molar-refractivity contribution in [2.45, 2.75) is 43.6 Å². The Morgan fingerprint density at radius 2 is 1.46 bits per heavy atom. The van der Waals surface area contributed by atoms with E-state index in [0.717, 1.165) is 52.9 Å². The van der Waals surface area contributed by atoms with Gasteiger partial charge in [-0.3, -0.25) is 9.78 Å². The van der Waals surface area contributed by atoms with Crippen molar-refractivity contribution in [1.82, 2.24) is 10.3 Å². The Hall–Kier alpha value is -3.34. The highest BCUT2D eigenvalue weighted by atomic mass is 16.5. The summed E-state index contributed by atoms with van der Waals surface area (Å²) in [5.74, 6) is 3.71. The summed E-state index contributed by atoms with van der Waals surface area (Å²) < 4.78 is 10.8. The second-order valence-corrected chi connectivity index (χ2v) is 10.6. The summed E-state index contributed by atoms with van der Waals surface area (Å²) in [4.78, 5) is 18.3. The minimum Gasteiger partial charge on any atom is -0.497 e. The van der Waals surface area contributed by atoms with E-state index < -0.39 is 0 Å². The summed E-state index contributed by atoms with van der Waals surface area (Å²) in [5, 5.41) is 3.56. The van der Waals surface area contributed by atoms with Crippen LogP contribution in [0.2, 0.25) is 0 Å². The van der Waals surface area contributed by atoms with E-state index in [9.17, 15) is 4.79 Å². The van der Waals surface area contributed by atoms with Crippen LogP contribution in [0.15, 0.2) is 67.0 Å². The molecule has 5 nitrogen and oxygen atoms in total. The van der Waals surface area contributed by atoms with Crippen LogP contribution in [-0.4, -0.2) is 30.6 Å². The molecule has 1 aromatic heterocycles. The van der Waals surface area contributed by atoms with E-state index in [0.29, 0.717) is 11.5 Å². The number of nitrogens with one attached hydrogen (secondary N) is 1. The number of hydrogen-bond acceptors (Lipinski definition) is 4. The molecule has 0 saturated heterocycles. The van der Waals surface area contributed by atoms with Gasteiger partial charge in [-0.1, -0.05) is 24.3 Å². The summed E-state index contributed by atoms with van der Waals surface area (Å²) >= 11 is 0. The molecule has 4 fully saturated rings. The molecule has 0 spiro atoms. The van der Waals surface area contributed by atoms with E-state index in [1.54, 1.807) is 20.4 Å². The van der Waals surface area contributed by atoms with Crippen LogP contribution < -0.4 is 14.8 Å². The van der Waals surface area contributed by atoms with Gasteiger partial charge < -0.3 is 14.8 Å². The summed E-state index contributed by atoms with van der Waals surface area (Å²) in [7, 11) is 3.34. The molecule has 180 valence electrons. The smallest absolute Gasteiger partial charge is 0.252 e. The number of aromatic nitrogens is 1. The van der Waals surface area contributed by atoms with Crippen molar-refractivity contribution in [3.63, 3.8) is 0 Å². The number of amides is 1. The molecular formula is C30H32N2O3. The molecule has 4 aliphatic rings. The van der Waals surface area contributed by atoms with E-state index >= 15 is 0 Å². The monoisotopic (exact) mass is 468 g/mol. The second kappa shape index (κ2) is 8.71. The molecule has 2 aromatic carbocycles. The van der Waals surface area contributed by atoms with Crippen LogP contribution in [0.3, 0.4) is 0 Å². The Morgan fingerprint density at radius 1 is 0.886 bits per heavy atom. The summed E-state index contributed by atoms with van der Waals surface area (Å²) in [6.07, 6.45) is 9.77. The highest BCUT2D eigenvalue weighted by Gasteiger charge is 2.58. The lowest BCUT2D eigenvalue weighted by atomic mass is 9.80. The SMILES string of the molecule is COc1ccc(C(c2ccc(OC)cc2)c2cnccc2C(=O)NC23CC4CC(CC2C4)C3)cc1. The van der Waals surface area contributed by atoms with Gasteiger partial charge in [-0.15, -0.1) is 0 Å². The largest absolute Gasteiger partial charge is 0.497 e. The number of carbonyl (C=O) groups is 1. The lowest BCUT2D eigenvalue weighted by molar-refractivity contribution is 0.0873. The third kappa shape index (κ3) is 3.87. The minimum absolute atomic E-state index is 0.0130. The predicted molar refractivity (Wildman–Crippen MR) is 135 cm³/mol. The van der Waals surface area contributed by atoms with Gasteiger partial charge in [0.1, 0.15) is 11.5 Å². The molecule has 4 saturated carbocycles. The topological polar surface area (TPSA) is 60.5 Å². The molecule has 4 bridgehead atoms. The van der Waals surface area contributed by atoms with Gasteiger partial charge in [0.25, 0.3) is 5.91 Å². The zero-order valence-corrected chi connectivity index (χ0v) is 20.4. The number of pyridine rings is 1. The molecule has 0 aliphatic heterocycles. The molecule has 2 atom stereocenters. The van der Waals surface area contributed by atoms with Crippen LogP contribution in [-0.2, 0) is 0 Å². The Kier molecular flexibility index (Phi) is 5.51. The van der Waals surface area contributed by atoms with Crippen molar-refractivity contribution < 1.29 is 14.3 Å². The molecule has 4 aliphatic carbocycles. The first-order chi connectivity index (χ1) is 17.1. The van der Waals surface area contributed by atoms with Gasteiger partial charge in [-0.2, -0.15) is 0 Å². The van der Waals surface area contributed by atoms with E-state index in [-0.39, 0.29) is 17.4 Å². The molecule has 2 unspecified atom stereocenters. The van der Waals surface area contributed by atoms with Crippen molar-refractivity contribution >= 4 is 5.91 Å². The van der Waals surface area contributed by atoms with Crippen LogP contribution in [0.1, 0.15) is 65.1 Å². The van der Waals surface area contributed by atoms with Crippen LogP contribution >= 0.6 is 0 Å². The van der Waals surface area contributed by atoms with Gasteiger partial charge in [0, 0.05) is 29.4 Å². The van der Waals surface area contributed by atoms with E-state index in [1.165, 1.54) is 19.3 Å². The van der Waals surface area contributed by atoms with Crippen LogP contribution in [0, 0.1) is 17.8 Å². The average Bonchev–Trinajstić information content (AvgIpc) is 3.27. The fourth-order valence-electron chi connectivity index (χ4n) is 7.28. The molecule has 1 heterocycles. The van der Waals surface area contributed by atoms with Gasteiger partial charge >= 0.3 is 0 Å². The number of methoxy groups -OCH3 is 2. The van der Waals surface area contributed by atoms with Crippen LogP contribution in [0.25, 0.3) is 0 Å². The summed E-state index contributed by atoms with van der Waals surface area (Å²) in [6, 6.07) is 18.0. The number of hydrogen-bond donors (Lipinski definition) is 1. The van der Waals surface area contributed by atoms with Gasteiger partial charge in [0.2, 0.25) is 0 Å². The Morgan fingerprint density at radius 3 is 2.00 bits per heavy atom. The first kappa shape index (κ1) is 22.1. The third-order valence-corrected chi connectivity index (χ3v) is 8.66. The summed E-state index contributed by atoms with van der Waals surface area (Å²) in [6.45, 7) is 0. The molecule has 7 rings (SSSR count). The molecular weight excluding hydrogens is 436 g/mol. The zero-order valence-electron chi connectivity index (χ0n) is 20.4. The Bertz CT molecular complexity index is 1160. The molecule has 35 heavy (non-hydrogen) atoms. The lowest BCUT2D eigenvalue weighted by Crippen LogP contribution is -2.49. The van der Waals surface area contributed by atoms with Crippen molar-refractivity contribution in [1.29, 1.82) is 0 Å². The maximum Gasteiger partial charge on any atom is 0.252 e. The lowest BCUT2D eigenvalue weighted by Gasteiger charge is -2.34. The van der Waals surface area contributed by atoms with E-state index in [4.69, 9.17) is 9.47 Å². The molecule has 1 N–H and O–H groups in total. The quantitative estimate of drug-likeness (QED) is 0.491. The van der Waals surface area contributed by atoms with E-state index in [2.05, 4.69) is 34.6 Å². The Labute approximate surface area is 206 Å². The van der Waals surface area contributed by atoms with Crippen molar-refractivity contribution in [2.24, 2.45) is 17.8 Å². The molecule has 5 heteroatoms. The van der Waals surface area contributed by atoms with Gasteiger partial charge in [-0.05, 0) is 96.9 Å². The van der Waals surface area contributed by atoms with Gasteiger partial charge in [-0.25, -0.2) is 0 Å². The van der Waals surface area contributed by atoms with Crippen molar-refractivity contribution in [2.75, 3.05) is 14.2 Å². The highest BCUT2D eigenvalue weighted by molar-refractivity contribution is 5.96. The number of benzene rings is 2. The number of ether oxygens (including phenoxy) is 2. The maximum absolute atomic E-state index is 13.9. The standard InChI is InChI=1S/C30H32N2O3/c1-34-24-7-3-21(4-8-24)28(22-5-9-25(35-2)10-6-22)27-18-31-12-11-26(27)29(33)32-30-16-19-13-20(17-30)15-23(30)14-19/h3-12,18-20,23,28H,13-17H2,1-2H3,(H,32,33). The second-order valence-electron chi connectivity index (χ2n) is 10.6. The highest BCUT2D eigenvalue weighted by Crippen LogP contribution is 2.60. The van der Waals surface area contributed by atoms with Gasteiger partial charge in [0.05, 0.1) is 14.2 Å². The van der Waals surface area contributed by atoms with Crippen molar-refractivity contribution in [3.8, 4) is 11.5 Å². The van der Waals surface area contributed by atoms with Crippen LogP contribution in [0.4, 0.5) is 0 Å². The summed E-state index contributed by atoms with van der Waals surface area (Å²) in [5.41, 5.74) is 3.77. The molecule has 3 aromatic rings. The first-order valence-corrected chi connectivity index (χ1v) is 12.6. The number of nitrogens with zero attached hydrogens (tertiary/aromatic N) is 1. The molecule has 0 radical (unpaired) electrons. The molecule has 1 amide bonds. The normalized spacial score (nSPS) is 26.2.